The molecule has 0 bridgehead atoms. The normalized spacial score (nSPS) is 32.0. The molecule has 0 aromatic carbocycles. The Morgan fingerprint density at radius 1 is 1.42 bits per heavy atom. The molecule has 1 heterocycles. The molecule has 1 fully saturated rings. The Labute approximate surface area is 73.5 Å². The van der Waals surface area contributed by atoms with E-state index in [1.807, 2.05) is 20.8 Å². The van der Waals surface area contributed by atoms with Gasteiger partial charge in [0.1, 0.15) is 6.17 Å². The highest BCUT2D eigenvalue weighted by atomic mass is 19.1. The molecule has 1 saturated heterocycles. The van der Waals surface area contributed by atoms with Gasteiger partial charge >= 0.3 is 0 Å². The van der Waals surface area contributed by atoms with E-state index in [1.165, 1.54) is 0 Å². The third kappa shape index (κ3) is 3.07. The lowest BCUT2D eigenvalue weighted by atomic mass is 10.1. The summed E-state index contributed by atoms with van der Waals surface area (Å²) < 4.78 is 18.8. The first-order chi connectivity index (χ1) is 5.49. The second-order valence-electron chi connectivity index (χ2n) is 4.28. The van der Waals surface area contributed by atoms with Crippen molar-refractivity contribution in [2.45, 2.75) is 45.1 Å². The maximum absolute atomic E-state index is 13.2. The fourth-order valence-corrected chi connectivity index (χ4v) is 1.38. The third-order valence-electron chi connectivity index (χ3n) is 1.85. The van der Waals surface area contributed by atoms with Crippen molar-refractivity contribution in [3.8, 4) is 0 Å². The average Bonchev–Trinajstić information content (AvgIpc) is 1.91. The lowest BCUT2D eigenvalue weighted by Gasteiger charge is -2.32. The minimum absolute atomic E-state index is 0.216. The van der Waals surface area contributed by atoms with E-state index in [0.717, 1.165) is 13.0 Å². The molecule has 0 unspecified atom stereocenters. The van der Waals surface area contributed by atoms with Gasteiger partial charge in [0.05, 0.1) is 11.7 Å². The third-order valence-corrected chi connectivity index (χ3v) is 1.85. The molecule has 0 aliphatic carbocycles. The van der Waals surface area contributed by atoms with Crippen LogP contribution in [0.25, 0.3) is 0 Å². The van der Waals surface area contributed by atoms with E-state index in [4.69, 9.17) is 4.74 Å². The van der Waals surface area contributed by atoms with Crippen molar-refractivity contribution in [2.24, 2.45) is 0 Å². The van der Waals surface area contributed by atoms with Gasteiger partial charge in [0.15, 0.2) is 0 Å². The Balaban J connectivity index is 2.39. The van der Waals surface area contributed by atoms with Crippen LogP contribution in [0.15, 0.2) is 0 Å². The SMILES string of the molecule is CC(C)(C)O[C@@H]1CCNC[C@@H]1F. The van der Waals surface area contributed by atoms with Gasteiger partial charge in [0.2, 0.25) is 0 Å². The zero-order valence-electron chi connectivity index (χ0n) is 8.06. The molecular formula is C9H18FNO. The zero-order chi connectivity index (χ0) is 9.19. The van der Waals surface area contributed by atoms with Crippen LogP contribution in [0.3, 0.4) is 0 Å². The molecule has 0 amide bonds. The standard InChI is InChI=1S/C9H18FNO/c1-9(2,3)12-8-4-5-11-6-7(8)10/h7-8,11H,4-6H2,1-3H3/t7-,8+/m0/s1. The fourth-order valence-electron chi connectivity index (χ4n) is 1.38. The minimum Gasteiger partial charge on any atom is -0.370 e. The number of piperidine rings is 1. The molecule has 0 radical (unpaired) electrons. The van der Waals surface area contributed by atoms with Gasteiger partial charge in [-0.1, -0.05) is 0 Å². The molecule has 0 saturated carbocycles. The second-order valence-corrected chi connectivity index (χ2v) is 4.28. The maximum atomic E-state index is 13.2. The highest BCUT2D eigenvalue weighted by molar-refractivity contribution is 4.80. The number of halogens is 1. The largest absolute Gasteiger partial charge is 0.370 e. The van der Waals surface area contributed by atoms with E-state index in [1.54, 1.807) is 0 Å². The van der Waals surface area contributed by atoms with Crippen LogP contribution in [0.5, 0.6) is 0 Å². The van der Waals surface area contributed by atoms with E-state index in [9.17, 15) is 4.39 Å². The van der Waals surface area contributed by atoms with Gasteiger partial charge in [-0.2, -0.15) is 0 Å². The smallest absolute Gasteiger partial charge is 0.139 e. The molecule has 1 aliphatic rings. The topological polar surface area (TPSA) is 21.3 Å². The van der Waals surface area contributed by atoms with Crippen LogP contribution in [-0.4, -0.2) is 31.0 Å². The molecule has 72 valence electrons. The summed E-state index contributed by atoms with van der Waals surface area (Å²) in [7, 11) is 0. The average molecular weight is 175 g/mol. The van der Waals surface area contributed by atoms with Crippen LogP contribution in [0, 0.1) is 0 Å². The van der Waals surface area contributed by atoms with Crippen LogP contribution < -0.4 is 5.32 Å². The quantitative estimate of drug-likeness (QED) is 0.652. The summed E-state index contributed by atoms with van der Waals surface area (Å²) in [6.45, 7) is 7.17. The summed E-state index contributed by atoms with van der Waals surface area (Å²) in [6.07, 6.45) is -0.289. The number of rotatable bonds is 1. The Hall–Kier alpha value is -0.150. The first kappa shape index (κ1) is 9.93. The molecule has 2 nitrogen and oxygen atoms in total. The Bertz CT molecular complexity index is 144. The predicted octanol–water partition coefficient (Wildman–Crippen LogP) is 1.50. The first-order valence-electron chi connectivity index (χ1n) is 4.51. The van der Waals surface area contributed by atoms with Gasteiger partial charge in [0.25, 0.3) is 0 Å². The van der Waals surface area contributed by atoms with E-state index in [-0.39, 0.29) is 11.7 Å². The van der Waals surface area contributed by atoms with E-state index in [2.05, 4.69) is 5.32 Å². The van der Waals surface area contributed by atoms with Crippen molar-refractivity contribution in [2.75, 3.05) is 13.1 Å². The molecule has 2 atom stereocenters. The molecule has 0 aromatic heterocycles. The van der Waals surface area contributed by atoms with Gasteiger partial charge in [-0.3, -0.25) is 0 Å². The van der Waals surface area contributed by atoms with E-state index >= 15 is 0 Å². The number of ether oxygens (including phenoxy) is 1. The summed E-state index contributed by atoms with van der Waals surface area (Å²) in [5, 5.41) is 3.00. The van der Waals surface area contributed by atoms with Gasteiger partial charge in [-0.05, 0) is 33.7 Å². The Kier molecular flexibility index (Phi) is 3.07. The molecule has 1 rings (SSSR count). The lowest BCUT2D eigenvalue weighted by molar-refractivity contribution is -0.100. The molecule has 3 heteroatoms. The van der Waals surface area contributed by atoms with Crippen LogP contribution in [0.4, 0.5) is 4.39 Å². The highest BCUT2D eigenvalue weighted by Gasteiger charge is 2.28. The van der Waals surface area contributed by atoms with Crippen molar-refractivity contribution in [1.82, 2.24) is 5.32 Å². The number of hydrogen-bond donors (Lipinski definition) is 1. The summed E-state index contributed by atoms with van der Waals surface area (Å²) in [4.78, 5) is 0. The molecule has 0 spiro atoms. The molecule has 1 N–H and O–H groups in total. The molecule has 1 aliphatic heterocycles. The monoisotopic (exact) mass is 175 g/mol. The summed E-state index contributed by atoms with van der Waals surface area (Å²) in [5.41, 5.74) is -0.230. The highest BCUT2D eigenvalue weighted by Crippen LogP contribution is 2.19. The first-order valence-corrected chi connectivity index (χ1v) is 4.51. The lowest BCUT2D eigenvalue weighted by Crippen LogP contribution is -2.45. The van der Waals surface area contributed by atoms with E-state index < -0.39 is 6.17 Å². The predicted molar refractivity (Wildman–Crippen MR) is 47.0 cm³/mol. The van der Waals surface area contributed by atoms with Crippen molar-refractivity contribution in [1.29, 1.82) is 0 Å². The fraction of sp³-hybridized carbons (Fsp3) is 1.00. The molecule has 0 aromatic rings. The van der Waals surface area contributed by atoms with Gasteiger partial charge in [0, 0.05) is 6.54 Å². The Morgan fingerprint density at radius 2 is 2.08 bits per heavy atom. The number of alkyl halides is 1. The summed E-state index contributed by atoms with van der Waals surface area (Å²) in [5.74, 6) is 0. The van der Waals surface area contributed by atoms with Crippen molar-refractivity contribution >= 4 is 0 Å². The maximum Gasteiger partial charge on any atom is 0.139 e. The molecular weight excluding hydrogens is 157 g/mol. The Morgan fingerprint density at radius 3 is 2.58 bits per heavy atom. The van der Waals surface area contributed by atoms with Crippen molar-refractivity contribution in [3.63, 3.8) is 0 Å². The summed E-state index contributed by atoms with van der Waals surface area (Å²) in [6, 6.07) is 0. The summed E-state index contributed by atoms with van der Waals surface area (Å²) >= 11 is 0. The van der Waals surface area contributed by atoms with Crippen molar-refractivity contribution < 1.29 is 9.13 Å². The van der Waals surface area contributed by atoms with Gasteiger partial charge in [-0.25, -0.2) is 4.39 Å². The van der Waals surface area contributed by atoms with Gasteiger partial charge < -0.3 is 10.1 Å². The number of hydrogen-bond acceptors (Lipinski definition) is 2. The van der Waals surface area contributed by atoms with Crippen LogP contribution in [0.1, 0.15) is 27.2 Å². The number of nitrogens with one attached hydrogen (secondary N) is 1. The van der Waals surface area contributed by atoms with Crippen LogP contribution in [-0.2, 0) is 4.74 Å². The van der Waals surface area contributed by atoms with Crippen LogP contribution in [0.2, 0.25) is 0 Å². The van der Waals surface area contributed by atoms with Crippen LogP contribution >= 0.6 is 0 Å². The minimum atomic E-state index is -0.849. The second kappa shape index (κ2) is 3.71. The van der Waals surface area contributed by atoms with Crippen molar-refractivity contribution in [3.05, 3.63) is 0 Å². The van der Waals surface area contributed by atoms with E-state index in [0.29, 0.717) is 6.54 Å². The molecule has 12 heavy (non-hydrogen) atoms. The zero-order valence-corrected chi connectivity index (χ0v) is 8.06. The van der Waals surface area contributed by atoms with Gasteiger partial charge in [-0.15, -0.1) is 0 Å².